The average Bonchev–Trinajstić information content (AvgIpc) is 3.17. The second-order valence-electron chi connectivity index (χ2n) is 6.26. The normalized spacial score (nSPS) is 11.0. The lowest BCUT2D eigenvalue weighted by Crippen LogP contribution is -2.20. The number of aromatic nitrogens is 4. The van der Waals surface area contributed by atoms with Crippen LogP contribution in [0.3, 0.4) is 0 Å². The van der Waals surface area contributed by atoms with E-state index < -0.39 is 18.5 Å². The number of ether oxygens (including phenoxy) is 2. The average molecular weight is 388 g/mol. The van der Waals surface area contributed by atoms with Gasteiger partial charge in [0.2, 0.25) is 0 Å². The van der Waals surface area contributed by atoms with E-state index in [2.05, 4.69) is 20.4 Å². The van der Waals surface area contributed by atoms with Crippen LogP contribution < -0.4 is 20.6 Å². The molecule has 3 rings (SSSR count). The minimum Gasteiger partial charge on any atom is -0.493 e. The molecule has 3 aromatic rings. The zero-order valence-electron chi connectivity index (χ0n) is 15.5. The highest BCUT2D eigenvalue weighted by molar-refractivity contribution is 5.68. The Kier molecular flexibility index (Phi) is 5.12. The second-order valence-corrected chi connectivity index (χ2v) is 6.26. The first-order valence-electron chi connectivity index (χ1n) is 8.40. The Morgan fingerprint density at radius 1 is 1.00 bits per heavy atom. The van der Waals surface area contributed by atoms with Crippen molar-refractivity contribution >= 4 is 5.97 Å². The molecule has 2 heterocycles. The van der Waals surface area contributed by atoms with Gasteiger partial charge in [0, 0.05) is 17.3 Å². The number of hydrogen-bond acceptors (Lipinski definition) is 5. The molecular weight excluding hydrogens is 368 g/mol. The Morgan fingerprint density at radius 3 is 2.00 bits per heavy atom. The number of aromatic amines is 4. The Bertz CT molecular complexity index is 1070. The molecule has 0 aliphatic carbocycles. The molecule has 0 saturated carbocycles. The Morgan fingerprint density at radius 2 is 1.57 bits per heavy atom. The lowest BCUT2D eigenvalue weighted by Gasteiger charge is -2.18. The van der Waals surface area contributed by atoms with Gasteiger partial charge in [0.25, 0.3) is 11.1 Å². The molecule has 0 fully saturated rings. The molecule has 5 N–H and O–H groups in total. The fourth-order valence-corrected chi connectivity index (χ4v) is 3.21. The van der Waals surface area contributed by atoms with Crippen LogP contribution in [0.1, 0.15) is 34.0 Å². The van der Waals surface area contributed by atoms with Crippen molar-refractivity contribution in [1.29, 1.82) is 0 Å². The van der Waals surface area contributed by atoms with Gasteiger partial charge >= 0.3 is 5.97 Å². The summed E-state index contributed by atoms with van der Waals surface area (Å²) in [6, 6.07) is 4.85. The minimum absolute atomic E-state index is 0.242. The molecule has 0 radical (unpaired) electrons. The predicted molar refractivity (Wildman–Crippen MR) is 99.4 cm³/mol. The molecule has 1 aromatic carbocycles. The van der Waals surface area contributed by atoms with Gasteiger partial charge < -0.3 is 24.8 Å². The zero-order chi connectivity index (χ0) is 20.4. The van der Waals surface area contributed by atoms with Crippen LogP contribution >= 0.6 is 0 Å². The number of carboxylic acid groups (broad SMARTS) is 1. The summed E-state index contributed by atoms with van der Waals surface area (Å²) < 4.78 is 10.5. The van der Waals surface area contributed by atoms with Gasteiger partial charge in [0.05, 0.1) is 18.2 Å². The minimum atomic E-state index is -1.12. The van der Waals surface area contributed by atoms with Gasteiger partial charge in [-0.25, -0.2) is 4.79 Å². The summed E-state index contributed by atoms with van der Waals surface area (Å²) >= 11 is 0. The fourth-order valence-electron chi connectivity index (χ4n) is 3.21. The molecule has 10 heteroatoms. The molecule has 0 aliphatic rings. The molecule has 148 valence electrons. The number of H-pyrrole nitrogens is 4. The number of aryl methyl sites for hydroxylation is 2. The number of hydrogen-bond donors (Lipinski definition) is 5. The number of carboxylic acids is 1. The molecule has 0 spiro atoms. The van der Waals surface area contributed by atoms with Crippen molar-refractivity contribution in [3.05, 3.63) is 67.0 Å². The molecule has 28 heavy (non-hydrogen) atoms. The number of rotatable bonds is 7. The third kappa shape index (κ3) is 3.43. The maximum atomic E-state index is 12.4. The van der Waals surface area contributed by atoms with Gasteiger partial charge in [-0.2, -0.15) is 0 Å². The van der Waals surface area contributed by atoms with Crippen molar-refractivity contribution in [2.75, 3.05) is 13.7 Å². The van der Waals surface area contributed by atoms with Crippen molar-refractivity contribution in [3.8, 4) is 11.5 Å². The van der Waals surface area contributed by atoms with E-state index in [4.69, 9.17) is 14.6 Å². The highest BCUT2D eigenvalue weighted by Crippen LogP contribution is 2.36. The topological polar surface area (TPSA) is 153 Å². The molecule has 0 amide bonds. The highest BCUT2D eigenvalue weighted by Gasteiger charge is 2.28. The predicted octanol–water partition coefficient (Wildman–Crippen LogP) is 0.988. The van der Waals surface area contributed by atoms with E-state index in [1.807, 2.05) is 0 Å². The maximum absolute atomic E-state index is 12.4. The highest BCUT2D eigenvalue weighted by atomic mass is 16.5. The molecule has 0 aliphatic heterocycles. The van der Waals surface area contributed by atoms with Gasteiger partial charge in [-0.1, -0.05) is 6.07 Å². The first-order chi connectivity index (χ1) is 13.3. The number of methoxy groups -OCH3 is 1. The van der Waals surface area contributed by atoms with Crippen molar-refractivity contribution in [3.63, 3.8) is 0 Å². The van der Waals surface area contributed by atoms with Crippen molar-refractivity contribution in [2.45, 2.75) is 19.8 Å². The smallest absolute Gasteiger partial charge is 0.341 e. The lowest BCUT2D eigenvalue weighted by atomic mass is 9.85. The van der Waals surface area contributed by atoms with Crippen molar-refractivity contribution < 1.29 is 19.4 Å². The maximum Gasteiger partial charge on any atom is 0.341 e. The van der Waals surface area contributed by atoms with E-state index in [9.17, 15) is 14.4 Å². The summed E-state index contributed by atoms with van der Waals surface area (Å²) in [6.45, 7) is 2.95. The third-order valence-electron chi connectivity index (χ3n) is 4.47. The van der Waals surface area contributed by atoms with E-state index >= 15 is 0 Å². The molecule has 0 saturated heterocycles. The lowest BCUT2D eigenvalue weighted by molar-refractivity contribution is -0.139. The number of carbonyl (C=O) groups is 1. The van der Waals surface area contributed by atoms with Crippen LogP contribution in [0.15, 0.2) is 27.8 Å². The molecule has 10 nitrogen and oxygen atoms in total. The van der Waals surface area contributed by atoms with Crippen LogP contribution in [0.4, 0.5) is 0 Å². The van der Waals surface area contributed by atoms with Gasteiger partial charge in [-0.15, -0.1) is 0 Å². The molecule has 0 atom stereocenters. The van der Waals surface area contributed by atoms with Crippen LogP contribution in [-0.2, 0) is 4.79 Å². The monoisotopic (exact) mass is 388 g/mol. The Balaban J connectivity index is 2.18. The van der Waals surface area contributed by atoms with Gasteiger partial charge in [-0.3, -0.25) is 19.8 Å². The van der Waals surface area contributed by atoms with Crippen LogP contribution in [0.5, 0.6) is 11.5 Å². The third-order valence-corrected chi connectivity index (χ3v) is 4.47. The van der Waals surface area contributed by atoms with Gasteiger partial charge in [0.1, 0.15) is 0 Å². The van der Waals surface area contributed by atoms with E-state index in [0.717, 1.165) is 0 Å². The van der Waals surface area contributed by atoms with E-state index in [-0.39, 0.29) is 22.6 Å². The van der Waals surface area contributed by atoms with E-state index in [0.29, 0.717) is 28.1 Å². The van der Waals surface area contributed by atoms with Crippen molar-refractivity contribution in [1.82, 2.24) is 20.4 Å². The summed E-state index contributed by atoms with van der Waals surface area (Å²) in [5.74, 6) is -1.26. The summed E-state index contributed by atoms with van der Waals surface area (Å²) in [4.78, 5) is 35.6. The van der Waals surface area contributed by atoms with Crippen molar-refractivity contribution in [2.24, 2.45) is 0 Å². The molecule has 0 unspecified atom stereocenters. The first kappa shape index (κ1) is 19.1. The molecule has 2 aromatic heterocycles. The standard InChI is InChI=1S/C18H20N4O6/c1-8-14(17(25)21-19-8)16(15-9(2)20-22-18(15)26)10-4-5-11(12(6-10)27-3)28-7-13(23)24/h4-6,16H,7H2,1-3H3,(H,23,24)(H2,19,21,25)(H2,20,22,26). The van der Waals surface area contributed by atoms with Gasteiger partial charge in [-0.05, 0) is 31.5 Å². The summed E-state index contributed by atoms with van der Waals surface area (Å²) in [7, 11) is 1.42. The fraction of sp³-hybridized carbons (Fsp3) is 0.278. The van der Waals surface area contributed by atoms with Crippen LogP contribution in [0, 0.1) is 13.8 Å². The number of benzene rings is 1. The summed E-state index contributed by atoms with van der Waals surface area (Å²) in [6.07, 6.45) is 0. The number of aliphatic carboxylic acids is 1. The molecule has 0 bridgehead atoms. The SMILES string of the molecule is COc1cc(C(c2c(C)[nH][nH]c2=O)c2c(C)[nH][nH]c2=O)ccc1OCC(=O)O. The Labute approximate surface area is 158 Å². The molecular formula is C18H20N4O6. The van der Waals surface area contributed by atoms with E-state index in [1.165, 1.54) is 7.11 Å². The van der Waals surface area contributed by atoms with Crippen LogP contribution in [0.2, 0.25) is 0 Å². The zero-order valence-corrected chi connectivity index (χ0v) is 15.5. The van der Waals surface area contributed by atoms with Gasteiger partial charge in [0.15, 0.2) is 18.1 Å². The number of nitrogens with one attached hydrogen (secondary N) is 4. The van der Waals surface area contributed by atoms with Crippen LogP contribution in [-0.4, -0.2) is 45.2 Å². The summed E-state index contributed by atoms with van der Waals surface area (Å²) in [5.41, 5.74) is 1.92. The largest absolute Gasteiger partial charge is 0.493 e. The first-order valence-corrected chi connectivity index (χ1v) is 8.40. The van der Waals surface area contributed by atoms with Crippen LogP contribution in [0.25, 0.3) is 0 Å². The van der Waals surface area contributed by atoms with E-state index in [1.54, 1.807) is 32.0 Å². The quantitative estimate of drug-likeness (QED) is 0.407. The summed E-state index contributed by atoms with van der Waals surface area (Å²) in [5, 5.41) is 19.4. The Hall–Kier alpha value is -3.69. The second kappa shape index (κ2) is 7.51.